The zero-order valence-corrected chi connectivity index (χ0v) is 9.60. The molecule has 0 aromatic rings. The van der Waals surface area contributed by atoms with Crippen LogP contribution in [0.5, 0.6) is 0 Å². The topological polar surface area (TPSA) is 75.3 Å². The van der Waals surface area contributed by atoms with Crippen molar-refractivity contribution in [2.45, 2.75) is 26.2 Å². The van der Waals surface area contributed by atoms with Crippen molar-refractivity contribution in [1.29, 1.82) is 0 Å². The van der Waals surface area contributed by atoms with E-state index in [-0.39, 0.29) is 29.8 Å². The molecule has 0 aliphatic heterocycles. The number of amides is 2. The molecular weight excluding hydrogens is 216 g/mol. The summed E-state index contributed by atoms with van der Waals surface area (Å²) in [6, 6.07) is 0. The highest BCUT2D eigenvalue weighted by atomic mass is 32.1. The van der Waals surface area contributed by atoms with Crippen molar-refractivity contribution >= 4 is 29.6 Å². The first-order chi connectivity index (χ1) is 7.02. The fraction of sp³-hybridized carbons (Fsp3) is 0.667. The van der Waals surface area contributed by atoms with Crippen LogP contribution in [-0.4, -0.2) is 30.0 Å². The lowest BCUT2D eigenvalue weighted by atomic mass is 10.3. The zero-order chi connectivity index (χ0) is 11.7. The predicted octanol–water partition coefficient (Wildman–Crippen LogP) is -0.135. The highest BCUT2D eigenvalue weighted by Gasteiger charge is 2.02. The summed E-state index contributed by atoms with van der Waals surface area (Å²) in [6.45, 7) is 2.48. The predicted molar refractivity (Wildman–Crippen MR) is 59.5 cm³/mol. The molecule has 0 saturated heterocycles. The Kier molecular flexibility index (Phi) is 7.71. The summed E-state index contributed by atoms with van der Waals surface area (Å²) in [7, 11) is 0. The summed E-state index contributed by atoms with van der Waals surface area (Å²) < 4.78 is 0. The van der Waals surface area contributed by atoms with Crippen molar-refractivity contribution in [3.05, 3.63) is 0 Å². The number of carbonyl (C=O) groups is 3. The van der Waals surface area contributed by atoms with Gasteiger partial charge in [-0.25, -0.2) is 0 Å². The Hall–Kier alpha value is -1.04. The van der Waals surface area contributed by atoms with Crippen molar-refractivity contribution in [2.24, 2.45) is 0 Å². The monoisotopic (exact) mass is 232 g/mol. The first kappa shape index (κ1) is 14.0. The van der Waals surface area contributed by atoms with Crippen LogP contribution in [0, 0.1) is 0 Å². The normalized spacial score (nSPS) is 9.47. The summed E-state index contributed by atoms with van der Waals surface area (Å²) in [4.78, 5) is 32.0. The molecule has 86 valence electrons. The van der Waals surface area contributed by atoms with Gasteiger partial charge in [-0.15, -0.1) is 12.6 Å². The van der Waals surface area contributed by atoms with Crippen LogP contribution in [-0.2, 0) is 14.4 Å². The van der Waals surface area contributed by atoms with E-state index in [4.69, 9.17) is 0 Å². The molecule has 0 rings (SSSR count). The van der Waals surface area contributed by atoms with E-state index in [1.807, 2.05) is 0 Å². The van der Waals surface area contributed by atoms with Gasteiger partial charge in [-0.2, -0.15) is 0 Å². The maximum atomic E-state index is 11.1. The lowest BCUT2D eigenvalue weighted by Crippen LogP contribution is -2.28. The first-order valence-electron chi connectivity index (χ1n) is 4.75. The van der Waals surface area contributed by atoms with Gasteiger partial charge >= 0.3 is 0 Å². The van der Waals surface area contributed by atoms with Gasteiger partial charge in [0.2, 0.25) is 11.8 Å². The Labute approximate surface area is 94.4 Å². The van der Waals surface area contributed by atoms with E-state index < -0.39 is 0 Å². The van der Waals surface area contributed by atoms with E-state index in [1.54, 1.807) is 0 Å². The molecule has 0 fully saturated rings. The minimum absolute atomic E-state index is 0.0815. The molecule has 5 nitrogen and oxygen atoms in total. The van der Waals surface area contributed by atoms with Gasteiger partial charge < -0.3 is 10.6 Å². The summed E-state index contributed by atoms with van der Waals surface area (Å²) in [5.74, 6) is -0.248. The second-order valence-corrected chi connectivity index (χ2v) is 3.58. The lowest BCUT2D eigenvalue weighted by molar-refractivity contribution is -0.123. The number of rotatable bonds is 7. The van der Waals surface area contributed by atoms with E-state index in [1.165, 1.54) is 6.92 Å². The fourth-order valence-electron chi connectivity index (χ4n) is 0.889. The van der Waals surface area contributed by atoms with E-state index in [0.717, 1.165) is 0 Å². The quantitative estimate of drug-likeness (QED) is 0.422. The second-order valence-electron chi connectivity index (χ2n) is 3.08. The number of hydrogen-bond acceptors (Lipinski definition) is 3. The molecule has 0 saturated carbocycles. The third kappa shape index (κ3) is 10.9. The SMILES string of the molecule is CC(=O)NCCCNC(=O)CCC(=O)S. The molecular formula is C9H16N2O3S. The summed E-state index contributed by atoms with van der Waals surface area (Å²) in [5.41, 5.74) is 0. The van der Waals surface area contributed by atoms with Crippen molar-refractivity contribution in [2.75, 3.05) is 13.1 Å². The molecule has 0 aliphatic carbocycles. The van der Waals surface area contributed by atoms with Gasteiger partial charge in [-0.3, -0.25) is 14.4 Å². The van der Waals surface area contributed by atoms with Gasteiger partial charge in [0, 0.05) is 32.9 Å². The van der Waals surface area contributed by atoms with E-state index in [2.05, 4.69) is 23.3 Å². The smallest absolute Gasteiger partial charge is 0.220 e. The van der Waals surface area contributed by atoms with Gasteiger partial charge in [0.05, 0.1) is 0 Å². The molecule has 2 N–H and O–H groups in total. The molecule has 0 aliphatic rings. The van der Waals surface area contributed by atoms with Crippen LogP contribution in [0.4, 0.5) is 0 Å². The van der Waals surface area contributed by atoms with Crippen LogP contribution in [0.1, 0.15) is 26.2 Å². The molecule has 0 atom stereocenters. The van der Waals surface area contributed by atoms with Gasteiger partial charge in [-0.1, -0.05) is 0 Å². The maximum Gasteiger partial charge on any atom is 0.220 e. The van der Waals surface area contributed by atoms with Gasteiger partial charge in [0.15, 0.2) is 5.12 Å². The Balaban J connectivity index is 3.31. The van der Waals surface area contributed by atoms with E-state index in [9.17, 15) is 14.4 Å². The molecule has 0 bridgehead atoms. The molecule has 2 amide bonds. The second kappa shape index (κ2) is 8.28. The summed E-state index contributed by atoms with van der Waals surface area (Å²) >= 11 is 3.55. The molecule has 0 aromatic carbocycles. The molecule has 0 radical (unpaired) electrons. The maximum absolute atomic E-state index is 11.1. The largest absolute Gasteiger partial charge is 0.356 e. The first-order valence-corrected chi connectivity index (χ1v) is 5.20. The van der Waals surface area contributed by atoms with Gasteiger partial charge in [-0.05, 0) is 6.42 Å². The van der Waals surface area contributed by atoms with Gasteiger partial charge in [0.1, 0.15) is 0 Å². The summed E-state index contributed by atoms with van der Waals surface area (Å²) in [6.07, 6.45) is 1.00. The van der Waals surface area contributed by atoms with Crippen molar-refractivity contribution in [3.8, 4) is 0 Å². The Morgan fingerprint density at radius 1 is 1.07 bits per heavy atom. The standard InChI is InChI=1S/C9H16N2O3S/c1-7(12)10-5-2-6-11-8(13)3-4-9(14)15/h2-6H2,1H3,(H,10,12)(H,11,13)(H,14,15). The van der Waals surface area contributed by atoms with Gasteiger partial charge in [0.25, 0.3) is 0 Å². The average Bonchev–Trinajstić information content (AvgIpc) is 2.13. The van der Waals surface area contributed by atoms with Crippen LogP contribution in [0.15, 0.2) is 0 Å². The minimum atomic E-state index is -0.289. The number of hydrogen-bond donors (Lipinski definition) is 3. The molecule has 0 heterocycles. The van der Waals surface area contributed by atoms with Crippen LogP contribution in [0.2, 0.25) is 0 Å². The zero-order valence-electron chi connectivity index (χ0n) is 8.71. The molecule has 15 heavy (non-hydrogen) atoms. The number of thiol groups is 1. The Bertz CT molecular complexity index is 244. The molecule has 0 unspecified atom stereocenters. The molecule has 6 heteroatoms. The van der Waals surface area contributed by atoms with Crippen LogP contribution in [0.3, 0.4) is 0 Å². The minimum Gasteiger partial charge on any atom is -0.356 e. The highest BCUT2D eigenvalue weighted by Crippen LogP contribution is 1.93. The van der Waals surface area contributed by atoms with Crippen molar-refractivity contribution < 1.29 is 14.4 Å². The van der Waals surface area contributed by atoms with Crippen molar-refractivity contribution in [1.82, 2.24) is 10.6 Å². The Morgan fingerprint density at radius 2 is 1.67 bits per heavy atom. The highest BCUT2D eigenvalue weighted by molar-refractivity contribution is 7.96. The Morgan fingerprint density at radius 3 is 2.20 bits per heavy atom. The van der Waals surface area contributed by atoms with E-state index >= 15 is 0 Å². The molecule has 0 aromatic heterocycles. The number of nitrogens with one attached hydrogen (secondary N) is 2. The number of carbonyl (C=O) groups excluding carboxylic acids is 3. The third-order valence-corrected chi connectivity index (χ3v) is 1.84. The summed E-state index contributed by atoms with van der Waals surface area (Å²) in [5, 5.41) is 4.96. The average molecular weight is 232 g/mol. The fourth-order valence-corrected chi connectivity index (χ4v) is 1.00. The molecule has 0 spiro atoms. The van der Waals surface area contributed by atoms with Crippen LogP contribution in [0.25, 0.3) is 0 Å². The van der Waals surface area contributed by atoms with E-state index in [0.29, 0.717) is 19.5 Å². The van der Waals surface area contributed by atoms with Crippen LogP contribution < -0.4 is 10.6 Å². The third-order valence-electron chi connectivity index (χ3n) is 1.62. The lowest BCUT2D eigenvalue weighted by Gasteiger charge is -2.04. The van der Waals surface area contributed by atoms with Crippen molar-refractivity contribution in [3.63, 3.8) is 0 Å². The van der Waals surface area contributed by atoms with Crippen LogP contribution >= 0.6 is 12.6 Å².